The van der Waals surface area contributed by atoms with Crippen molar-refractivity contribution in [3.05, 3.63) is 44.8 Å². The zero-order chi connectivity index (χ0) is 13.5. The Hall–Kier alpha value is -1.37. The van der Waals surface area contributed by atoms with Gasteiger partial charge in [0.2, 0.25) is 0 Å². The third-order valence-corrected chi connectivity index (χ3v) is 4.21. The first-order chi connectivity index (χ1) is 9.31. The molecule has 1 atom stereocenters. The summed E-state index contributed by atoms with van der Waals surface area (Å²) >= 11 is 3.26. The number of amides is 2. The molecule has 0 spiro atoms. The van der Waals surface area contributed by atoms with Crippen molar-refractivity contribution in [1.82, 2.24) is 10.6 Å². The van der Waals surface area contributed by atoms with Gasteiger partial charge in [0.15, 0.2) is 0 Å². The van der Waals surface area contributed by atoms with Crippen LogP contribution in [-0.2, 0) is 4.74 Å². The van der Waals surface area contributed by atoms with Crippen molar-refractivity contribution in [3.8, 4) is 0 Å². The Morgan fingerprint density at radius 3 is 2.95 bits per heavy atom. The molecule has 4 nitrogen and oxygen atoms in total. The average Bonchev–Trinajstić information content (AvgIpc) is 3.09. The molecule has 102 valence electrons. The molecule has 2 rings (SSSR count). The smallest absolute Gasteiger partial charge is 0.315 e. The van der Waals surface area contributed by atoms with E-state index in [0.717, 1.165) is 10.4 Å². The molecule has 2 aromatic rings. The van der Waals surface area contributed by atoms with Crippen molar-refractivity contribution in [1.29, 1.82) is 0 Å². The fraction of sp³-hybridized carbons (Fsp3) is 0.308. The minimum Gasteiger partial charge on any atom is -0.383 e. The van der Waals surface area contributed by atoms with Gasteiger partial charge in [-0.15, -0.1) is 11.3 Å². The third kappa shape index (κ3) is 4.05. The first-order valence-corrected chi connectivity index (χ1v) is 7.72. The number of nitrogens with one attached hydrogen (secondary N) is 2. The summed E-state index contributed by atoms with van der Waals surface area (Å²) in [6.07, 6.45) is 0. The third-order valence-electron chi connectivity index (χ3n) is 2.57. The fourth-order valence-corrected chi connectivity index (χ4v) is 3.15. The predicted molar refractivity (Wildman–Crippen MR) is 78.9 cm³/mol. The van der Waals surface area contributed by atoms with Crippen molar-refractivity contribution in [2.75, 3.05) is 20.3 Å². The van der Waals surface area contributed by atoms with Crippen molar-refractivity contribution in [3.63, 3.8) is 0 Å². The van der Waals surface area contributed by atoms with Crippen molar-refractivity contribution >= 4 is 28.7 Å². The fourth-order valence-electron chi connectivity index (χ4n) is 1.66. The Morgan fingerprint density at radius 2 is 2.32 bits per heavy atom. The number of hydrogen-bond donors (Lipinski definition) is 2. The maximum absolute atomic E-state index is 11.8. The van der Waals surface area contributed by atoms with Crippen LogP contribution in [0.25, 0.3) is 0 Å². The Kier molecular flexibility index (Phi) is 5.38. The highest BCUT2D eigenvalue weighted by atomic mass is 32.1. The molecule has 0 fully saturated rings. The van der Waals surface area contributed by atoms with Crippen LogP contribution < -0.4 is 10.6 Å². The van der Waals surface area contributed by atoms with E-state index in [1.54, 1.807) is 29.8 Å². The van der Waals surface area contributed by atoms with Gasteiger partial charge in [0.05, 0.1) is 12.6 Å². The maximum Gasteiger partial charge on any atom is 0.315 e. The lowest BCUT2D eigenvalue weighted by Gasteiger charge is -2.17. The summed E-state index contributed by atoms with van der Waals surface area (Å²) in [5.74, 6) is 0. The summed E-state index contributed by atoms with van der Waals surface area (Å²) in [7, 11) is 1.61. The summed E-state index contributed by atoms with van der Waals surface area (Å²) in [4.78, 5) is 13.0. The van der Waals surface area contributed by atoms with Gasteiger partial charge in [0, 0.05) is 18.5 Å². The highest BCUT2D eigenvalue weighted by molar-refractivity contribution is 7.10. The molecule has 0 saturated carbocycles. The van der Waals surface area contributed by atoms with Crippen LogP contribution in [0.15, 0.2) is 34.3 Å². The van der Waals surface area contributed by atoms with Crippen LogP contribution in [0.5, 0.6) is 0 Å². The van der Waals surface area contributed by atoms with E-state index in [0.29, 0.717) is 13.2 Å². The average molecular weight is 296 g/mol. The van der Waals surface area contributed by atoms with E-state index in [1.165, 1.54) is 0 Å². The van der Waals surface area contributed by atoms with Crippen LogP contribution in [0.4, 0.5) is 4.79 Å². The van der Waals surface area contributed by atoms with Gasteiger partial charge < -0.3 is 15.4 Å². The molecule has 0 aromatic carbocycles. The number of carbonyl (C=O) groups is 1. The molecule has 0 aliphatic heterocycles. The van der Waals surface area contributed by atoms with Crippen LogP contribution >= 0.6 is 22.7 Å². The molecule has 6 heteroatoms. The number of hydrogen-bond acceptors (Lipinski definition) is 4. The summed E-state index contributed by atoms with van der Waals surface area (Å²) in [5.41, 5.74) is 1.11. The Bertz CT molecular complexity index is 448. The highest BCUT2D eigenvalue weighted by Crippen LogP contribution is 2.27. The molecule has 2 amide bonds. The van der Waals surface area contributed by atoms with E-state index < -0.39 is 0 Å². The zero-order valence-electron chi connectivity index (χ0n) is 10.6. The normalized spacial score (nSPS) is 12.1. The van der Waals surface area contributed by atoms with Crippen LogP contribution in [0.1, 0.15) is 16.5 Å². The first kappa shape index (κ1) is 14.0. The van der Waals surface area contributed by atoms with Gasteiger partial charge in [-0.2, -0.15) is 11.3 Å². The van der Waals surface area contributed by atoms with Crippen molar-refractivity contribution in [2.24, 2.45) is 0 Å². The Labute approximate surface area is 120 Å². The predicted octanol–water partition coefficient (Wildman–Crippen LogP) is 2.84. The standard InChI is InChI=1S/C13H16N2O2S2/c1-17-6-5-14-13(16)15-12(10-4-8-18-9-10)11-3-2-7-19-11/h2-4,7-9,12H,5-6H2,1H3,(H2,14,15,16)/t12-/m0/s1. The summed E-state index contributed by atoms with van der Waals surface area (Å²) in [5, 5.41) is 11.8. The highest BCUT2D eigenvalue weighted by Gasteiger charge is 2.17. The van der Waals surface area contributed by atoms with Gasteiger partial charge in [-0.1, -0.05) is 6.07 Å². The largest absolute Gasteiger partial charge is 0.383 e. The van der Waals surface area contributed by atoms with E-state index in [9.17, 15) is 4.79 Å². The molecule has 19 heavy (non-hydrogen) atoms. The number of rotatable bonds is 6. The monoisotopic (exact) mass is 296 g/mol. The van der Waals surface area contributed by atoms with Crippen molar-refractivity contribution in [2.45, 2.75) is 6.04 Å². The van der Waals surface area contributed by atoms with Gasteiger partial charge in [0.25, 0.3) is 0 Å². The molecule has 2 N–H and O–H groups in total. The quantitative estimate of drug-likeness (QED) is 0.805. The SMILES string of the molecule is COCCNC(=O)N[C@@H](c1ccsc1)c1cccs1. The minimum absolute atomic E-state index is 0.0891. The molecular formula is C13H16N2O2S2. The van der Waals surface area contributed by atoms with E-state index >= 15 is 0 Å². The van der Waals surface area contributed by atoms with Crippen LogP contribution in [0.3, 0.4) is 0 Å². The molecule has 0 bridgehead atoms. The molecule has 2 heterocycles. The summed E-state index contributed by atoms with van der Waals surface area (Å²) < 4.78 is 4.90. The second-order valence-electron chi connectivity index (χ2n) is 3.90. The second kappa shape index (κ2) is 7.28. The van der Waals surface area contributed by atoms with Gasteiger partial charge in [-0.25, -0.2) is 4.79 Å². The first-order valence-electron chi connectivity index (χ1n) is 5.90. The van der Waals surface area contributed by atoms with Gasteiger partial charge in [0.1, 0.15) is 0 Å². The van der Waals surface area contributed by atoms with E-state index in [2.05, 4.69) is 16.0 Å². The van der Waals surface area contributed by atoms with E-state index in [4.69, 9.17) is 4.74 Å². The van der Waals surface area contributed by atoms with E-state index in [1.807, 2.05) is 29.0 Å². The topological polar surface area (TPSA) is 50.4 Å². The zero-order valence-corrected chi connectivity index (χ0v) is 12.2. The van der Waals surface area contributed by atoms with E-state index in [-0.39, 0.29) is 12.1 Å². The van der Waals surface area contributed by atoms with Crippen molar-refractivity contribution < 1.29 is 9.53 Å². The maximum atomic E-state index is 11.8. The number of carbonyl (C=O) groups excluding carboxylic acids is 1. The lowest BCUT2D eigenvalue weighted by molar-refractivity contribution is 0.195. The number of methoxy groups -OCH3 is 1. The lowest BCUT2D eigenvalue weighted by atomic mass is 10.1. The molecular weight excluding hydrogens is 280 g/mol. The van der Waals surface area contributed by atoms with Gasteiger partial charge in [-0.3, -0.25) is 0 Å². The summed E-state index contributed by atoms with van der Waals surface area (Å²) in [6.45, 7) is 1.01. The molecule has 0 aliphatic rings. The molecule has 0 radical (unpaired) electrons. The number of thiophene rings is 2. The molecule has 0 aliphatic carbocycles. The molecule has 2 aromatic heterocycles. The van der Waals surface area contributed by atoms with Gasteiger partial charge in [-0.05, 0) is 33.8 Å². The number of urea groups is 1. The Morgan fingerprint density at radius 1 is 1.42 bits per heavy atom. The number of ether oxygens (including phenoxy) is 1. The summed E-state index contributed by atoms with van der Waals surface area (Å²) in [6, 6.07) is 5.78. The Balaban J connectivity index is 2.01. The van der Waals surface area contributed by atoms with Crippen LogP contribution in [-0.4, -0.2) is 26.3 Å². The van der Waals surface area contributed by atoms with Crippen LogP contribution in [0, 0.1) is 0 Å². The molecule has 0 unspecified atom stereocenters. The molecule has 0 saturated heterocycles. The minimum atomic E-state index is -0.179. The second-order valence-corrected chi connectivity index (χ2v) is 5.66. The van der Waals surface area contributed by atoms with Gasteiger partial charge >= 0.3 is 6.03 Å². The lowest BCUT2D eigenvalue weighted by Crippen LogP contribution is -2.39. The van der Waals surface area contributed by atoms with Crippen LogP contribution in [0.2, 0.25) is 0 Å².